The minimum Gasteiger partial charge on any atom is -0.464 e. The van der Waals surface area contributed by atoms with Crippen LogP contribution in [0.25, 0.3) is 0 Å². The second kappa shape index (κ2) is 4.89. The number of benzene rings is 1. The molecular weight excluding hydrogens is 265 g/mol. The summed E-state index contributed by atoms with van der Waals surface area (Å²) in [6, 6.07) is 8.68. The molecule has 0 amide bonds. The van der Waals surface area contributed by atoms with E-state index in [4.69, 9.17) is 16.0 Å². The molecule has 19 heavy (non-hydrogen) atoms. The third kappa shape index (κ3) is 2.76. The highest BCUT2D eigenvalue weighted by molar-refractivity contribution is 6.30. The molecular formula is C15H15ClFNO. The fraction of sp³-hybridized carbons (Fsp3) is 0.333. The van der Waals surface area contributed by atoms with Crippen molar-refractivity contribution in [3.05, 3.63) is 52.7 Å². The van der Waals surface area contributed by atoms with Crippen molar-refractivity contribution < 1.29 is 8.81 Å². The monoisotopic (exact) mass is 279 g/mol. The van der Waals surface area contributed by atoms with E-state index in [0.29, 0.717) is 18.2 Å². The standard InChI is InChI=1S/C15H15ClFNO/c1-9-6-12(9)15-5-3-11(19-15)8-18-10-2-4-13(16)14(17)7-10/h2-5,7,9,12,18H,6,8H2,1H3. The molecule has 2 nitrogen and oxygen atoms in total. The maximum Gasteiger partial charge on any atom is 0.143 e. The fourth-order valence-corrected chi connectivity index (χ4v) is 2.32. The van der Waals surface area contributed by atoms with Crippen LogP contribution in [-0.2, 0) is 6.54 Å². The minimum absolute atomic E-state index is 0.133. The Morgan fingerprint density at radius 1 is 1.37 bits per heavy atom. The Labute approximate surface area is 116 Å². The Morgan fingerprint density at radius 2 is 2.16 bits per heavy atom. The lowest BCUT2D eigenvalue weighted by Gasteiger charge is -2.05. The van der Waals surface area contributed by atoms with Gasteiger partial charge in [0.25, 0.3) is 0 Å². The molecule has 0 radical (unpaired) electrons. The van der Waals surface area contributed by atoms with Crippen LogP contribution in [0.2, 0.25) is 5.02 Å². The highest BCUT2D eigenvalue weighted by atomic mass is 35.5. The molecule has 1 fully saturated rings. The second-order valence-electron chi connectivity index (χ2n) is 5.11. The molecule has 1 N–H and O–H groups in total. The van der Waals surface area contributed by atoms with Crippen LogP contribution in [0.3, 0.4) is 0 Å². The maximum absolute atomic E-state index is 13.3. The van der Waals surface area contributed by atoms with Crippen molar-refractivity contribution in [1.82, 2.24) is 0 Å². The molecule has 3 rings (SSSR count). The molecule has 2 unspecified atom stereocenters. The maximum atomic E-state index is 13.3. The van der Waals surface area contributed by atoms with Gasteiger partial charge in [-0.15, -0.1) is 0 Å². The van der Waals surface area contributed by atoms with Crippen molar-refractivity contribution >= 4 is 17.3 Å². The van der Waals surface area contributed by atoms with Crippen LogP contribution in [0.4, 0.5) is 10.1 Å². The quantitative estimate of drug-likeness (QED) is 0.869. The topological polar surface area (TPSA) is 25.2 Å². The van der Waals surface area contributed by atoms with Crippen LogP contribution in [0.5, 0.6) is 0 Å². The number of rotatable bonds is 4. The summed E-state index contributed by atoms with van der Waals surface area (Å²) in [5.74, 6) is 2.83. The summed E-state index contributed by atoms with van der Waals surface area (Å²) in [6.45, 7) is 2.77. The Balaban J connectivity index is 1.62. The zero-order chi connectivity index (χ0) is 13.4. The molecule has 1 saturated carbocycles. The summed E-state index contributed by atoms with van der Waals surface area (Å²) in [7, 11) is 0. The number of hydrogen-bond donors (Lipinski definition) is 1. The normalized spacial score (nSPS) is 21.4. The van der Waals surface area contributed by atoms with Gasteiger partial charge in [0.1, 0.15) is 17.3 Å². The van der Waals surface area contributed by atoms with Gasteiger partial charge in [0, 0.05) is 11.6 Å². The van der Waals surface area contributed by atoms with Gasteiger partial charge in [-0.2, -0.15) is 0 Å². The van der Waals surface area contributed by atoms with E-state index in [2.05, 4.69) is 12.2 Å². The van der Waals surface area contributed by atoms with E-state index in [0.717, 1.165) is 17.4 Å². The van der Waals surface area contributed by atoms with Gasteiger partial charge in [-0.1, -0.05) is 18.5 Å². The average molecular weight is 280 g/mol. The van der Waals surface area contributed by atoms with Crippen LogP contribution in [0.1, 0.15) is 30.8 Å². The third-order valence-corrected chi connectivity index (χ3v) is 3.85. The Kier molecular flexibility index (Phi) is 3.23. The summed E-state index contributed by atoms with van der Waals surface area (Å²) < 4.78 is 19.0. The molecule has 2 atom stereocenters. The van der Waals surface area contributed by atoms with Crippen molar-refractivity contribution in [3.8, 4) is 0 Å². The molecule has 1 aliphatic rings. The van der Waals surface area contributed by atoms with E-state index in [1.54, 1.807) is 12.1 Å². The number of halogens is 2. The molecule has 0 bridgehead atoms. The van der Waals surface area contributed by atoms with Crippen molar-refractivity contribution in [3.63, 3.8) is 0 Å². The molecule has 1 aromatic carbocycles. The number of anilines is 1. The average Bonchev–Trinajstić information content (AvgIpc) is 2.94. The van der Waals surface area contributed by atoms with Gasteiger partial charge in [0.2, 0.25) is 0 Å². The predicted octanol–water partition coefficient (Wildman–Crippen LogP) is 4.81. The lowest BCUT2D eigenvalue weighted by molar-refractivity contribution is 0.468. The number of furan rings is 1. The molecule has 1 heterocycles. The Morgan fingerprint density at radius 3 is 2.84 bits per heavy atom. The predicted molar refractivity (Wildman–Crippen MR) is 74.0 cm³/mol. The van der Waals surface area contributed by atoms with Crippen LogP contribution in [0, 0.1) is 11.7 Å². The van der Waals surface area contributed by atoms with Crippen molar-refractivity contribution in [2.24, 2.45) is 5.92 Å². The summed E-state index contributed by atoms with van der Waals surface area (Å²) in [5, 5.41) is 3.25. The first-order valence-corrected chi connectivity index (χ1v) is 6.79. The molecule has 0 aliphatic heterocycles. The summed E-state index contributed by atoms with van der Waals surface area (Å²) in [6.07, 6.45) is 1.21. The highest BCUT2D eigenvalue weighted by Gasteiger charge is 2.36. The van der Waals surface area contributed by atoms with Gasteiger partial charge in [-0.05, 0) is 42.7 Å². The lowest BCUT2D eigenvalue weighted by Crippen LogP contribution is -1.98. The van der Waals surface area contributed by atoms with Gasteiger partial charge in [0.15, 0.2) is 0 Å². The van der Waals surface area contributed by atoms with Crippen molar-refractivity contribution in [1.29, 1.82) is 0 Å². The van der Waals surface area contributed by atoms with Crippen LogP contribution >= 0.6 is 11.6 Å². The summed E-state index contributed by atoms with van der Waals surface area (Å²) >= 11 is 5.64. The first kappa shape index (κ1) is 12.5. The first-order chi connectivity index (χ1) is 9.13. The van der Waals surface area contributed by atoms with E-state index in [9.17, 15) is 4.39 Å². The lowest BCUT2D eigenvalue weighted by atomic mass is 10.3. The van der Waals surface area contributed by atoms with E-state index >= 15 is 0 Å². The third-order valence-electron chi connectivity index (χ3n) is 3.54. The number of hydrogen-bond acceptors (Lipinski definition) is 2. The largest absolute Gasteiger partial charge is 0.464 e. The minimum atomic E-state index is -0.418. The molecule has 1 aromatic heterocycles. The second-order valence-corrected chi connectivity index (χ2v) is 5.51. The summed E-state index contributed by atoms with van der Waals surface area (Å²) in [4.78, 5) is 0. The van der Waals surface area contributed by atoms with Crippen LogP contribution < -0.4 is 5.32 Å². The van der Waals surface area contributed by atoms with Gasteiger partial charge < -0.3 is 9.73 Å². The van der Waals surface area contributed by atoms with Crippen LogP contribution in [-0.4, -0.2) is 0 Å². The van der Waals surface area contributed by atoms with Crippen molar-refractivity contribution in [2.45, 2.75) is 25.8 Å². The van der Waals surface area contributed by atoms with E-state index < -0.39 is 5.82 Å². The highest BCUT2D eigenvalue weighted by Crippen LogP contribution is 2.47. The molecule has 4 heteroatoms. The molecule has 2 aromatic rings. The molecule has 100 valence electrons. The summed E-state index contributed by atoms with van der Waals surface area (Å²) in [5.41, 5.74) is 0.694. The van der Waals surface area contributed by atoms with Gasteiger partial charge in [0.05, 0.1) is 11.6 Å². The van der Waals surface area contributed by atoms with Gasteiger partial charge in [-0.3, -0.25) is 0 Å². The Bertz CT molecular complexity index is 596. The fourth-order valence-electron chi connectivity index (χ4n) is 2.20. The zero-order valence-electron chi connectivity index (χ0n) is 10.6. The van der Waals surface area contributed by atoms with E-state index in [1.165, 1.54) is 12.5 Å². The van der Waals surface area contributed by atoms with E-state index in [1.807, 2.05) is 12.1 Å². The number of nitrogens with one attached hydrogen (secondary N) is 1. The molecule has 1 aliphatic carbocycles. The first-order valence-electron chi connectivity index (χ1n) is 6.41. The van der Waals surface area contributed by atoms with Crippen molar-refractivity contribution in [2.75, 3.05) is 5.32 Å². The van der Waals surface area contributed by atoms with Crippen LogP contribution in [0.15, 0.2) is 34.7 Å². The SMILES string of the molecule is CC1CC1c1ccc(CNc2ccc(Cl)c(F)c2)o1. The van der Waals surface area contributed by atoms with Gasteiger partial charge in [-0.25, -0.2) is 4.39 Å². The van der Waals surface area contributed by atoms with Gasteiger partial charge >= 0.3 is 0 Å². The molecule has 0 spiro atoms. The smallest absolute Gasteiger partial charge is 0.143 e. The van der Waals surface area contributed by atoms with E-state index in [-0.39, 0.29) is 5.02 Å². The Hall–Kier alpha value is -1.48. The molecule has 0 saturated heterocycles. The zero-order valence-corrected chi connectivity index (χ0v) is 11.4.